The SMILES string of the molecule is CC(C)C(C)C12CC13CCC2C3. The Balaban J connectivity index is 1.88. The average molecular weight is 164 g/mol. The zero-order chi connectivity index (χ0) is 8.56. The largest absolute Gasteiger partial charge is 0.0625 e. The van der Waals surface area contributed by atoms with Crippen LogP contribution in [0, 0.1) is 28.6 Å². The molecule has 68 valence electrons. The van der Waals surface area contributed by atoms with Gasteiger partial charge in [0.25, 0.3) is 0 Å². The first kappa shape index (κ1) is 7.41. The summed E-state index contributed by atoms with van der Waals surface area (Å²) < 4.78 is 0. The number of hydrogen-bond donors (Lipinski definition) is 0. The molecule has 0 aromatic heterocycles. The van der Waals surface area contributed by atoms with Crippen molar-refractivity contribution in [3.05, 3.63) is 0 Å². The van der Waals surface area contributed by atoms with Crippen LogP contribution >= 0.6 is 0 Å². The van der Waals surface area contributed by atoms with Crippen LogP contribution in [0.15, 0.2) is 0 Å². The highest BCUT2D eigenvalue weighted by atomic mass is 14.9. The highest BCUT2D eigenvalue weighted by Gasteiger charge is 2.83. The van der Waals surface area contributed by atoms with E-state index in [9.17, 15) is 0 Å². The number of fused-ring (bicyclic) bond motifs is 1. The van der Waals surface area contributed by atoms with E-state index in [4.69, 9.17) is 0 Å². The van der Waals surface area contributed by atoms with Gasteiger partial charge in [0.15, 0.2) is 0 Å². The molecule has 0 heteroatoms. The fraction of sp³-hybridized carbons (Fsp3) is 1.00. The van der Waals surface area contributed by atoms with E-state index in [1.54, 1.807) is 25.7 Å². The van der Waals surface area contributed by atoms with Crippen LogP contribution in [-0.2, 0) is 0 Å². The minimum Gasteiger partial charge on any atom is -0.0625 e. The van der Waals surface area contributed by atoms with Crippen molar-refractivity contribution in [3.8, 4) is 0 Å². The summed E-state index contributed by atoms with van der Waals surface area (Å²) in [5, 5.41) is 0. The standard InChI is InChI=1S/C12H20/c1-8(2)9(3)12-7-11(12)5-4-10(12)6-11/h8-10H,4-7H2,1-3H3. The van der Waals surface area contributed by atoms with E-state index in [2.05, 4.69) is 20.8 Å². The van der Waals surface area contributed by atoms with E-state index in [1.807, 2.05) is 0 Å². The second kappa shape index (κ2) is 1.76. The summed E-state index contributed by atoms with van der Waals surface area (Å²) in [5.74, 6) is 3.06. The lowest BCUT2D eigenvalue weighted by Gasteiger charge is -2.41. The van der Waals surface area contributed by atoms with Gasteiger partial charge in [-0.1, -0.05) is 20.8 Å². The Morgan fingerprint density at radius 3 is 2.33 bits per heavy atom. The lowest BCUT2D eigenvalue weighted by atomic mass is 9.63. The third-order valence-corrected chi connectivity index (χ3v) is 5.64. The van der Waals surface area contributed by atoms with E-state index in [-0.39, 0.29) is 0 Å². The van der Waals surface area contributed by atoms with Crippen LogP contribution < -0.4 is 0 Å². The first-order chi connectivity index (χ1) is 5.62. The summed E-state index contributed by atoms with van der Waals surface area (Å²) in [6, 6.07) is 0. The Labute approximate surface area is 75.7 Å². The van der Waals surface area contributed by atoms with Crippen molar-refractivity contribution in [1.82, 2.24) is 0 Å². The van der Waals surface area contributed by atoms with Crippen molar-refractivity contribution in [2.45, 2.75) is 46.5 Å². The first-order valence-corrected chi connectivity index (χ1v) is 5.62. The summed E-state index contributed by atoms with van der Waals surface area (Å²) in [5.41, 5.74) is 1.78. The second-order valence-corrected chi connectivity index (χ2v) is 5.97. The summed E-state index contributed by atoms with van der Waals surface area (Å²) in [7, 11) is 0. The number of rotatable bonds is 2. The summed E-state index contributed by atoms with van der Waals surface area (Å²) in [6.45, 7) is 7.32. The molecule has 4 aliphatic carbocycles. The van der Waals surface area contributed by atoms with Crippen LogP contribution in [0.3, 0.4) is 0 Å². The topological polar surface area (TPSA) is 0 Å². The second-order valence-electron chi connectivity index (χ2n) is 5.97. The maximum atomic E-state index is 2.50. The predicted octanol–water partition coefficient (Wildman–Crippen LogP) is 3.47. The quantitative estimate of drug-likeness (QED) is 0.586. The van der Waals surface area contributed by atoms with Gasteiger partial charge in [0.05, 0.1) is 0 Å². The Morgan fingerprint density at radius 1 is 1.25 bits per heavy atom. The molecule has 4 atom stereocenters. The Morgan fingerprint density at radius 2 is 2.00 bits per heavy atom. The summed E-state index contributed by atoms with van der Waals surface area (Å²) in [4.78, 5) is 0. The fourth-order valence-electron chi connectivity index (χ4n) is 4.72. The van der Waals surface area contributed by atoms with Gasteiger partial charge in [-0.3, -0.25) is 0 Å². The minimum absolute atomic E-state index is 0.876. The summed E-state index contributed by atoms with van der Waals surface area (Å²) in [6.07, 6.45) is 6.35. The molecule has 0 N–H and O–H groups in total. The average Bonchev–Trinajstić information content (AvgIpc) is 2.38. The van der Waals surface area contributed by atoms with Crippen molar-refractivity contribution in [3.63, 3.8) is 0 Å². The normalized spacial score (nSPS) is 56.5. The van der Waals surface area contributed by atoms with Crippen LogP contribution in [-0.4, -0.2) is 0 Å². The monoisotopic (exact) mass is 164 g/mol. The number of hydrogen-bond acceptors (Lipinski definition) is 0. The lowest BCUT2D eigenvalue weighted by Crippen LogP contribution is -2.36. The van der Waals surface area contributed by atoms with Gasteiger partial charge in [-0.05, 0) is 54.3 Å². The van der Waals surface area contributed by atoms with Gasteiger partial charge in [0.1, 0.15) is 0 Å². The van der Waals surface area contributed by atoms with E-state index >= 15 is 0 Å². The third-order valence-electron chi connectivity index (χ3n) is 5.64. The maximum Gasteiger partial charge on any atom is -0.0179 e. The lowest BCUT2D eigenvalue weighted by molar-refractivity contribution is 0.0637. The van der Waals surface area contributed by atoms with E-state index in [0.717, 1.165) is 28.6 Å². The van der Waals surface area contributed by atoms with Crippen molar-refractivity contribution >= 4 is 0 Å². The molecular weight excluding hydrogens is 144 g/mol. The Bertz CT molecular complexity index is 226. The predicted molar refractivity (Wildman–Crippen MR) is 50.8 cm³/mol. The molecule has 0 radical (unpaired) electrons. The molecule has 12 heavy (non-hydrogen) atoms. The molecule has 4 saturated carbocycles. The van der Waals surface area contributed by atoms with Crippen LogP contribution in [0.2, 0.25) is 0 Å². The molecule has 1 spiro atoms. The molecule has 0 heterocycles. The van der Waals surface area contributed by atoms with Crippen molar-refractivity contribution in [1.29, 1.82) is 0 Å². The van der Waals surface area contributed by atoms with Gasteiger partial charge >= 0.3 is 0 Å². The van der Waals surface area contributed by atoms with E-state index < -0.39 is 0 Å². The molecule has 4 unspecified atom stereocenters. The Kier molecular flexibility index (Phi) is 1.09. The van der Waals surface area contributed by atoms with E-state index in [1.165, 1.54) is 0 Å². The molecular formula is C12H20. The molecule has 4 fully saturated rings. The zero-order valence-electron chi connectivity index (χ0n) is 8.56. The van der Waals surface area contributed by atoms with Crippen LogP contribution in [0.25, 0.3) is 0 Å². The zero-order valence-corrected chi connectivity index (χ0v) is 8.56. The molecule has 0 aromatic rings. The van der Waals surface area contributed by atoms with Gasteiger partial charge in [0.2, 0.25) is 0 Å². The summed E-state index contributed by atoms with van der Waals surface area (Å²) >= 11 is 0. The van der Waals surface area contributed by atoms with Crippen LogP contribution in [0.4, 0.5) is 0 Å². The van der Waals surface area contributed by atoms with Crippen LogP contribution in [0.5, 0.6) is 0 Å². The van der Waals surface area contributed by atoms with Crippen LogP contribution in [0.1, 0.15) is 46.5 Å². The van der Waals surface area contributed by atoms with Gasteiger partial charge in [0, 0.05) is 0 Å². The minimum atomic E-state index is 0.876. The third kappa shape index (κ3) is 0.506. The Hall–Kier alpha value is 0. The highest BCUT2D eigenvalue weighted by molar-refractivity contribution is 5.31. The van der Waals surface area contributed by atoms with Gasteiger partial charge in [-0.25, -0.2) is 0 Å². The van der Waals surface area contributed by atoms with Gasteiger partial charge in [-0.15, -0.1) is 0 Å². The molecule has 0 aliphatic heterocycles. The molecule has 4 aliphatic rings. The molecule has 0 saturated heterocycles. The first-order valence-electron chi connectivity index (χ1n) is 5.62. The molecule has 4 rings (SSSR count). The molecule has 0 amide bonds. The van der Waals surface area contributed by atoms with Crippen molar-refractivity contribution < 1.29 is 0 Å². The van der Waals surface area contributed by atoms with Crippen molar-refractivity contribution in [2.75, 3.05) is 0 Å². The molecule has 0 aromatic carbocycles. The van der Waals surface area contributed by atoms with E-state index in [0.29, 0.717) is 0 Å². The molecule has 0 nitrogen and oxygen atoms in total. The van der Waals surface area contributed by atoms with Gasteiger partial charge in [-0.2, -0.15) is 0 Å². The van der Waals surface area contributed by atoms with Gasteiger partial charge < -0.3 is 0 Å². The smallest absolute Gasteiger partial charge is 0.0179 e. The molecule has 2 bridgehead atoms. The highest BCUT2D eigenvalue weighted by Crippen LogP contribution is 2.90. The maximum absolute atomic E-state index is 2.50. The fourth-order valence-corrected chi connectivity index (χ4v) is 4.72. The van der Waals surface area contributed by atoms with Crippen molar-refractivity contribution in [2.24, 2.45) is 28.6 Å².